The zero-order chi connectivity index (χ0) is 9.35. The first kappa shape index (κ1) is 8.97. The van der Waals surface area contributed by atoms with Gasteiger partial charge in [-0.2, -0.15) is 0 Å². The van der Waals surface area contributed by atoms with Crippen LogP contribution in [0.1, 0.15) is 26.7 Å². The molecule has 0 aromatic carbocycles. The highest BCUT2D eigenvalue weighted by atomic mass is 16.4. The first-order valence-electron chi connectivity index (χ1n) is 3.89. The van der Waals surface area contributed by atoms with Crippen molar-refractivity contribution in [3.63, 3.8) is 0 Å². The van der Waals surface area contributed by atoms with Crippen LogP contribution in [0.2, 0.25) is 0 Å². The number of aliphatic carboxylic acids is 1. The van der Waals surface area contributed by atoms with E-state index in [1.165, 1.54) is 6.92 Å². The minimum atomic E-state index is -0.824. The van der Waals surface area contributed by atoms with Crippen LogP contribution >= 0.6 is 0 Å². The molecule has 0 saturated carbocycles. The average molecular weight is 168 g/mol. The highest BCUT2D eigenvalue weighted by Gasteiger charge is 2.37. The van der Waals surface area contributed by atoms with Gasteiger partial charge in [0, 0.05) is 0 Å². The first-order valence-corrected chi connectivity index (χ1v) is 3.89. The zero-order valence-electron chi connectivity index (χ0n) is 7.26. The number of hydrogen-bond donors (Lipinski definition) is 1. The Morgan fingerprint density at radius 2 is 2.17 bits per heavy atom. The van der Waals surface area contributed by atoms with Crippen LogP contribution in [0, 0.1) is 5.41 Å². The van der Waals surface area contributed by atoms with E-state index in [0.29, 0.717) is 18.4 Å². The van der Waals surface area contributed by atoms with Gasteiger partial charge >= 0.3 is 5.97 Å². The van der Waals surface area contributed by atoms with Crippen molar-refractivity contribution in [3.8, 4) is 0 Å². The molecule has 1 unspecified atom stereocenters. The van der Waals surface area contributed by atoms with Crippen molar-refractivity contribution in [3.05, 3.63) is 11.6 Å². The van der Waals surface area contributed by atoms with E-state index in [-0.39, 0.29) is 5.78 Å². The third kappa shape index (κ3) is 1.40. The fraction of sp³-hybridized carbons (Fsp3) is 0.556. The number of hydrogen-bond acceptors (Lipinski definition) is 2. The third-order valence-corrected chi connectivity index (χ3v) is 2.35. The molecule has 0 aromatic heterocycles. The molecule has 0 aromatic rings. The Bertz CT molecular complexity index is 265. The largest absolute Gasteiger partial charge is 0.481 e. The van der Waals surface area contributed by atoms with Gasteiger partial charge in [-0.1, -0.05) is 6.08 Å². The summed E-state index contributed by atoms with van der Waals surface area (Å²) in [6.45, 7) is 3.14. The summed E-state index contributed by atoms with van der Waals surface area (Å²) >= 11 is 0. The number of allylic oxidation sites excluding steroid dienone is 2. The highest BCUT2D eigenvalue weighted by molar-refractivity contribution is 5.95. The number of Topliss-reactive ketones (excluding diaryl/α,β-unsaturated/α-hetero) is 1. The van der Waals surface area contributed by atoms with E-state index in [2.05, 4.69) is 0 Å². The molecule has 1 aliphatic rings. The van der Waals surface area contributed by atoms with Gasteiger partial charge in [-0.3, -0.25) is 9.59 Å². The van der Waals surface area contributed by atoms with Gasteiger partial charge in [-0.25, -0.2) is 0 Å². The number of carbonyl (C=O) groups excluding carboxylic acids is 1. The average Bonchev–Trinajstić information content (AvgIpc) is 2.33. The van der Waals surface area contributed by atoms with Gasteiger partial charge in [0.2, 0.25) is 0 Å². The van der Waals surface area contributed by atoms with Crippen LogP contribution in [0.4, 0.5) is 0 Å². The van der Waals surface area contributed by atoms with E-state index in [4.69, 9.17) is 5.11 Å². The summed E-state index contributed by atoms with van der Waals surface area (Å²) in [5.41, 5.74) is -0.0963. The molecule has 0 aliphatic heterocycles. The van der Waals surface area contributed by atoms with Crippen molar-refractivity contribution >= 4 is 11.8 Å². The van der Waals surface area contributed by atoms with Gasteiger partial charge < -0.3 is 5.11 Å². The molecule has 1 N–H and O–H groups in total. The van der Waals surface area contributed by atoms with Crippen LogP contribution in [0.3, 0.4) is 0 Å². The molecule has 1 rings (SSSR count). The summed E-state index contributed by atoms with van der Waals surface area (Å²) in [7, 11) is 0. The molecular formula is C9H12O3. The SMILES string of the molecule is CC(=O)C1=CCC(C)(C(=O)O)C1. The highest BCUT2D eigenvalue weighted by Crippen LogP contribution is 2.37. The monoisotopic (exact) mass is 168 g/mol. The maximum absolute atomic E-state index is 10.9. The quantitative estimate of drug-likeness (QED) is 0.677. The molecule has 0 heterocycles. The zero-order valence-corrected chi connectivity index (χ0v) is 7.26. The van der Waals surface area contributed by atoms with Gasteiger partial charge in [0.15, 0.2) is 5.78 Å². The van der Waals surface area contributed by atoms with Crippen LogP contribution in [0.15, 0.2) is 11.6 Å². The molecule has 3 nitrogen and oxygen atoms in total. The topological polar surface area (TPSA) is 54.4 Å². The van der Waals surface area contributed by atoms with E-state index in [1.54, 1.807) is 13.0 Å². The molecule has 0 amide bonds. The minimum Gasteiger partial charge on any atom is -0.481 e. The van der Waals surface area contributed by atoms with Crippen LogP contribution in [0.5, 0.6) is 0 Å². The fourth-order valence-corrected chi connectivity index (χ4v) is 1.34. The summed E-state index contributed by atoms with van der Waals surface area (Å²) in [6, 6.07) is 0. The smallest absolute Gasteiger partial charge is 0.310 e. The molecule has 0 saturated heterocycles. The number of carbonyl (C=O) groups is 2. The molecule has 0 radical (unpaired) electrons. The van der Waals surface area contributed by atoms with E-state index in [9.17, 15) is 9.59 Å². The maximum Gasteiger partial charge on any atom is 0.310 e. The lowest BCUT2D eigenvalue weighted by molar-refractivity contribution is -0.147. The summed E-state index contributed by atoms with van der Waals surface area (Å²) in [4.78, 5) is 21.6. The number of rotatable bonds is 2. The maximum atomic E-state index is 10.9. The Hall–Kier alpha value is -1.12. The fourth-order valence-electron chi connectivity index (χ4n) is 1.34. The van der Waals surface area contributed by atoms with Gasteiger partial charge in [-0.15, -0.1) is 0 Å². The van der Waals surface area contributed by atoms with Crippen molar-refractivity contribution in [2.45, 2.75) is 26.7 Å². The van der Waals surface area contributed by atoms with Gasteiger partial charge in [0.1, 0.15) is 0 Å². The Labute approximate surface area is 71.1 Å². The molecule has 0 bridgehead atoms. The first-order chi connectivity index (χ1) is 5.46. The molecule has 1 aliphatic carbocycles. The Balaban J connectivity index is 2.75. The number of ketones is 1. The van der Waals surface area contributed by atoms with Crippen LogP contribution in [0.25, 0.3) is 0 Å². The van der Waals surface area contributed by atoms with Crippen molar-refractivity contribution in [1.82, 2.24) is 0 Å². The Kier molecular flexibility index (Phi) is 2.04. The van der Waals surface area contributed by atoms with Crippen molar-refractivity contribution in [2.75, 3.05) is 0 Å². The van der Waals surface area contributed by atoms with Crippen molar-refractivity contribution in [2.24, 2.45) is 5.41 Å². The summed E-state index contributed by atoms with van der Waals surface area (Å²) in [6.07, 6.45) is 2.57. The van der Waals surface area contributed by atoms with E-state index >= 15 is 0 Å². The molecule has 12 heavy (non-hydrogen) atoms. The van der Waals surface area contributed by atoms with E-state index in [0.717, 1.165) is 0 Å². The standard InChI is InChI=1S/C9H12O3/c1-6(10)7-3-4-9(2,5-7)8(11)12/h3H,4-5H2,1-2H3,(H,11,12). The van der Waals surface area contributed by atoms with Crippen molar-refractivity contribution < 1.29 is 14.7 Å². The molecule has 66 valence electrons. The molecule has 0 fully saturated rings. The van der Waals surface area contributed by atoms with Crippen molar-refractivity contribution in [1.29, 1.82) is 0 Å². The third-order valence-electron chi connectivity index (χ3n) is 2.35. The minimum absolute atomic E-state index is 0.0139. The second-order valence-corrected chi connectivity index (χ2v) is 3.53. The van der Waals surface area contributed by atoms with E-state index < -0.39 is 11.4 Å². The van der Waals surface area contributed by atoms with E-state index in [1.807, 2.05) is 0 Å². The number of carboxylic acids is 1. The normalized spacial score (nSPS) is 28.3. The molecular weight excluding hydrogens is 156 g/mol. The summed E-state index contributed by atoms with van der Waals surface area (Å²) in [5, 5.41) is 8.83. The summed E-state index contributed by atoms with van der Waals surface area (Å²) < 4.78 is 0. The molecule has 3 heteroatoms. The number of carboxylic acid groups (broad SMARTS) is 1. The second kappa shape index (κ2) is 2.73. The van der Waals surface area contributed by atoms with Crippen LogP contribution in [-0.2, 0) is 9.59 Å². The lowest BCUT2D eigenvalue weighted by Crippen LogP contribution is -2.24. The van der Waals surface area contributed by atoms with Crippen LogP contribution in [-0.4, -0.2) is 16.9 Å². The lowest BCUT2D eigenvalue weighted by Gasteiger charge is -2.17. The van der Waals surface area contributed by atoms with Gasteiger partial charge in [-0.05, 0) is 32.3 Å². The predicted octanol–water partition coefficient (Wildman–Crippen LogP) is 1.39. The second-order valence-electron chi connectivity index (χ2n) is 3.53. The van der Waals surface area contributed by atoms with Crippen LogP contribution < -0.4 is 0 Å². The Morgan fingerprint density at radius 3 is 2.42 bits per heavy atom. The van der Waals surface area contributed by atoms with Gasteiger partial charge in [0.25, 0.3) is 0 Å². The predicted molar refractivity (Wildman–Crippen MR) is 43.7 cm³/mol. The lowest BCUT2D eigenvalue weighted by atomic mass is 9.86. The Morgan fingerprint density at radius 1 is 1.58 bits per heavy atom. The van der Waals surface area contributed by atoms with Gasteiger partial charge in [0.05, 0.1) is 5.41 Å². The summed E-state index contributed by atoms with van der Waals surface area (Å²) in [5.74, 6) is -0.838. The molecule has 0 spiro atoms. The molecule has 1 atom stereocenters.